The lowest BCUT2D eigenvalue weighted by Crippen LogP contribution is -1.75. The Kier molecular flexibility index (Phi) is 3.87. The zero-order valence-electron chi connectivity index (χ0n) is 10.6. The number of nitrogens with zero attached hydrogens (tertiary/aromatic N) is 1. The Labute approximate surface area is 114 Å². The lowest BCUT2D eigenvalue weighted by Gasteiger charge is -1.93. The van der Waals surface area contributed by atoms with E-state index in [0.717, 1.165) is 26.8 Å². The molecule has 0 aliphatic heterocycles. The summed E-state index contributed by atoms with van der Waals surface area (Å²) in [5.41, 5.74) is 4.20. The molecule has 0 amide bonds. The Morgan fingerprint density at radius 2 is 2.11 bits per heavy atom. The zero-order valence-corrected chi connectivity index (χ0v) is 12.2. The number of aromatic amines is 1. The molecule has 94 valence electrons. The standard InChI is InChI=1S/C12H9BrN2O.C2H6/c1-7-10-4-9(13)5-14-12(10)15-11(7)8-2-3-16-6-8;1-2/h2-6H,1H3,(H,14,15);1-2H3. The number of pyridine rings is 1. The highest BCUT2D eigenvalue weighted by atomic mass is 79.9. The van der Waals surface area contributed by atoms with Crippen LogP contribution >= 0.6 is 15.9 Å². The van der Waals surface area contributed by atoms with Gasteiger partial charge in [0, 0.05) is 21.6 Å². The first-order valence-electron chi connectivity index (χ1n) is 5.92. The molecular weight excluding hydrogens is 292 g/mol. The van der Waals surface area contributed by atoms with E-state index in [1.807, 2.05) is 19.9 Å². The van der Waals surface area contributed by atoms with E-state index < -0.39 is 0 Å². The van der Waals surface area contributed by atoms with Crippen LogP contribution < -0.4 is 0 Å². The van der Waals surface area contributed by atoms with Crippen molar-refractivity contribution in [3.63, 3.8) is 0 Å². The molecule has 18 heavy (non-hydrogen) atoms. The van der Waals surface area contributed by atoms with Gasteiger partial charge in [-0.15, -0.1) is 0 Å². The minimum Gasteiger partial charge on any atom is -0.472 e. The van der Waals surface area contributed by atoms with Crippen LogP contribution in [0.3, 0.4) is 0 Å². The van der Waals surface area contributed by atoms with Crippen LogP contribution in [-0.4, -0.2) is 9.97 Å². The van der Waals surface area contributed by atoms with Crippen molar-refractivity contribution in [2.24, 2.45) is 0 Å². The Balaban J connectivity index is 0.000000574. The number of aryl methyl sites for hydroxylation is 1. The summed E-state index contributed by atoms with van der Waals surface area (Å²) >= 11 is 3.43. The predicted octanol–water partition coefficient (Wildman–Crippen LogP) is 4.92. The van der Waals surface area contributed by atoms with E-state index in [1.165, 1.54) is 5.56 Å². The van der Waals surface area contributed by atoms with Crippen LogP contribution in [0, 0.1) is 6.92 Å². The van der Waals surface area contributed by atoms with E-state index in [2.05, 4.69) is 38.9 Å². The molecule has 3 nitrogen and oxygen atoms in total. The summed E-state index contributed by atoms with van der Waals surface area (Å²) in [6.07, 6.45) is 5.19. The average Bonchev–Trinajstić information content (AvgIpc) is 3.01. The largest absolute Gasteiger partial charge is 0.472 e. The van der Waals surface area contributed by atoms with Crippen LogP contribution in [0.2, 0.25) is 0 Å². The highest BCUT2D eigenvalue weighted by Crippen LogP contribution is 2.30. The molecular formula is C14H15BrN2O. The quantitative estimate of drug-likeness (QED) is 0.693. The first-order chi connectivity index (χ1) is 8.75. The highest BCUT2D eigenvalue weighted by Gasteiger charge is 2.11. The molecule has 0 saturated heterocycles. The number of furan rings is 1. The molecule has 3 heterocycles. The molecule has 0 atom stereocenters. The van der Waals surface area contributed by atoms with E-state index in [4.69, 9.17) is 4.42 Å². The van der Waals surface area contributed by atoms with E-state index in [9.17, 15) is 0 Å². The van der Waals surface area contributed by atoms with Crippen LogP contribution in [0.5, 0.6) is 0 Å². The van der Waals surface area contributed by atoms with Gasteiger partial charge in [-0.25, -0.2) is 4.98 Å². The van der Waals surface area contributed by atoms with Gasteiger partial charge in [0.2, 0.25) is 0 Å². The monoisotopic (exact) mass is 306 g/mol. The predicted molar refractivity (Wildman–Crippen MR) is 77.6 cm³/mol. The molecule has 0 aliphatic carbocycles. The van der Waals surface area contributed by atoms with Crippen LogP contribution in [-0.2, 0) is 0 Å². The minimum absolute atomic E-state index is 0.900. The van der Waals surface area contributed by atoms with E-state index >= 15 is 0 Å². The Morgan fingerprint density at radius 3 is 2.78 bits per heavy atom. The Hall–Kier alpha value is -1.55. The van der Waals surface area contributed by atoms with Gasteiger partial charge < -0.3 is 9.40 Å². The normalized spacial score (nSPS) is 10.2. The number of nitrogens with one attached hydrogen (secondary N) is 1. The second-order valence-electron chi connectivity index (χ2n) is 3.69. The third-order valence-corrected chi connectivity index (χ3v) is 3.12. The van der Waals surface area contributed by atoms with Crippen molar-refractivity contribution in [1.29, 1.82) is 0 Å². The van der Waals surface area contributed by atoms with Gasteiger partial charge in [0.1, 0.15) is 5.65 Å². The first-order valence-corrected chi connectivity index (χ1v) is 6.71. The number of hydrogen-bond acceptors (Lipinski definition) is 2. The summed E-state index contributed by atoms with van der Waals surface area (Å²) in [6, 6.07) is 4.00. The lowest BCUT2D eigenvalue weighted by molar-refractivity contribution is 0.568. The van der Waals surface area contributed by atoms with Gasteiger partial charge in [-0.2, -0.15) is 0 Å². The summed E-state index contributed by atoms with van der Waals surface area (Å²) in [7, 11) is 0. The average molecular weight is 307 g/mol. The maximum absolute atomic E-state index is 5.09. The van der Waals surface area contributed by atoms with Crippen molar-refractivity contribution in [2.45, 2.75) is 20.8 Å². The third kappa shape index (κ3) is 2.20. The molecule has 0 spiro atoms. The molecule has 3 aromatic heterocycles. The van der Waals surface area contributed by atoms with Gasteiger partial charge in [0.25, 0.3) is 0 Å². The van der Waals surface area contributed by atoms with Crippen molar-refractivity contribution in [2.75, 3.05) is 0 Å². The van der Waals surface area contributed by atoms with E-state index in [1.54, 1.807) is 18.7 Å². The molecule has 0 aliphatic rings. The van der Waals surface area contributed by atoms with Crippen LogP contribution in [0.25, 0.3) is 22.3 Å². The summed E-state index contributed by atoms with van der Waals surface area (Å²) in [6.45, 7) is 6.08. The fraction of sp³-hybridized carbons (Fsp3) is 0.214. The number of halogens is 1. The molecule has 4 heteroatoms. The number of aromatic nitrogens is 2. The minimum atomic E-state index is 0.900. The maximum Gasteiger partial charge on any atom is 0.138 e. The number of rotatable bonds is 1. The fourth-order valence-corrected chi connectivity index (χ4v) is 2.20. The van der Waals surface area contributed by atoms with Crippen LogP contribution in [0.4, 0.5) is 0 Å². The summed E-state index contributed by atoms with van der Waals surface area (Å²) in [4.78, 5) is 7.64. The fourth-order valence-electron chi connectivity index (χ4n) is 1.87. The van der Waals surface area contributed by atoms with Crippen LogP contribution in [0.1, 0.15) is 19.4 Å². The van der Waals surface area contributed by atoms with Gasteiger partial charge in [0.15, 0.2) is 0 Å². The van der Waals surface area contributed by atoms with Gasteiger partial charge in [-0.05, 0) is 40.5 Å². The molecule has 0 saturated carbocycles. The van der Waals surface area contributed by atoms with Crippen molar-refractivity contribution in [1.82, 2.24) is 9.97 Å². The second-order valence-corrected chi connectivity index (χ2v) is 4.60. The zero-order chi connectivity index (χ0) is 13.1. The van der Waals surface area contributed by atoms with Gasteiger partial charge in [-0.1, -0.05) is 13.8 Å². The molecule has 0 unspecified atom stereocenters. The number of H-pyrrole nitrogens is 1. The summed E-state index contributed by atoms with van der Waals surface area (Å²) < 4.78 is 6.08. The number of fused-ring (bicyclic) bond motifs is 1. The van der Waals surface area contributed by atoms with Gasteiger partial charge in [-0.3, -0.25) is 0 Å². The van der Waals surface area contributed by atoms with E-state index in [-0.39, 0.29) is 0 Å². The Morgan fingerprint density at radius 1 is 1.33 bits per heavy atom. The van der Waals surface area contributed by atoms with Crippen molar-refractivity contribution in [3.05, 3.63) is 40.9 Å². The van der Waals surface area contributed by atoms with Gasteiger partial charge in [0.05, 0.1) is 18.2 Å². The SMILES string of the molecule is CC.Cc1c(-c2ccoc2)[nH]c2ncc(Br)cc12. The molecule has 0 aromatic carbocycles. The maximum atomic E-state index is 5.09. The molecule has 0 bridgehead atoms. The van der Waals surface area contributed by atoms with Crippen LogP contribution in [0.15, 0.2) is 39.7 Å². The lowest BCUT2D eigenvalue weighted by atomic mass is 10.1. The molecule has 3 rings (SSSR count). The first kappa shape index (κ1) is 12.9. The molecule has 3 aromatic rings. The van der Waals surface area contributed by atoms with Crippen molar-refractivity contribution < 1.29 is 4.42 Å². The molecule has 0 fully saturated rings. The third-order valence-electron chi connectivity index (χ3n) is 2.69. The number of hydrogen-bond donors (Lipinski definition) is 1. The van der Waals surface area contributed by atoms with E-state index in [0.29, 0.717) is 0 Å². The Bertz CT molecular complexity index is 641. The van der Waals surface area contributed by atoms with Crippen molar-refractivity contribution in [3.8, 4) is 11.3 Å². The second kappa shape index (κ2) is 5.40. The smallest absolute Gasteiger partial charge is 0.138 e. The topological polar surface area (TPSA) is 41.8 Å². The molecule has 1 N–H and O–H groups in total. The molecule has 0 radical (unpaired) electrons. The van der Waals surface area contributed by atoms with Crippen molar-refractivity contribution >= 4 is 27.0 Å². The van der Waals surface area contributed by atoms with Gasteiger partial charge >= 0.3 is 0 Å². The highest BCUT2D eigenvalue weighted by molar-refractivity contribution is 9.10. The summed E-state index contributed by atoms with van der Waals surface area (Å²) in [5.74, 6) is 0. The summed E-state index contributed by atoms with van der Waals surface area (Å²) in [5, 5.41) is 1.13.